The highest BCUT2D eigenvalue weighted by atomic mass is 35.5. The normalized spacial score (nSPS) is 14.3. The molecule has 1 aliphatic rings. The minimum absolute atomic E-state index is 0.159. The molecule has 7 nitrogen and oxygen atoms in total. The summed E-state index contributed by atoms with van der Waals surface area (Å²) in [5, 5.41) is 7.43. The monoisotopic (exact) mass is 507 g/mol. The van der Waals surface area contributed by atoms with Gasteiger partial charge in [0.15, 0.2) is 0 Å². The van der Waals surface area contributed by atoms with Crippen molar-refractivity contribution in [1.82, 2.24) is 20.3 Å². The van der Waals surface area contributed by atoms with Gasteiger partial charge in [-0.05, 0) is 67.6 Å². The number of carbonyl (C=O) groups is 1. The number of anilines is 1. The highest BCUT2D eigenvalue weighted by Crippen LogP contribution is 2.27. The number of hydrogen-bond acceptors (Lipinski definition) is 7. The Morgan fingerprint density at radius 2 is 2.06 bits per heavy atom. The Morgan fingerprint density at radius 1 is 1.17 bits per heavy atom. The molecular formula is C26H26ClN5O2S. The van der Waals surface area contributed by atoms with Crippen LogP contribution in [0.15, 0.2) is 60.2 Å². The molecule has 1 amide bonds. The van der Waals surface area contributed by atoms with Crippen LogP contribution in [-0.4, -0.2) is 40.7 Å². The van der Waals surface area contributed by atoms with Crippen molar-refractivity contribution in [2.75, 3.05) is 24.5 Å². The van der Waals surface area contributed by atoms with E-state index in [1.807, 2.05) is 35.7 Å². The number of pyridine rings is 2. The molecule has 0 spiro atoms. The lowest BCUT2D eigenvalue weighted by molar-refractivity contribution is 0.137. The molecule has 3 aromatic heterocycles. The second kappa shape index (κ2) is 11.0. The third kappa shape index (κ3) is 6.07. The topological polar surface area (TPSA) is 80.2 Å². The van der Waals surface area contributed by atoms with Gasteiger partial charge in [-0.1, -0.05) is 11.6 Å². The number of thiazole rings is 1. The summed E-state index contributed by atoms with van der Waals surface area (Å²) in [6.07, 6.45) is 6.19. The van der Waals surface area contributed by atoms with Gasteiger partial charge in [0.25, 0.3) is 0 Å². The fraction of sp³-hybridized carbons (Fsp3) is 0.308. The molecule has 1 N–H and O–H groups in total. The van der Waals surface area contributed by atoms with Crippen molar-refractivity contribution in [2.45, 2.75) is 25.9 Å². The van der Waals surface area contributed by atoms with Crippen LogP contribution in [0.3, 0.4) is 0 Å². The lowest BCUT2D eigenvalue weighted by atomic mass is 9.93. The second-order valence-corrected chi connectivity index (χ2v) is 9.91. The molecule has 5 rings (SSSR count). The summed E-state index contributed by atoms with van der Waals surface area (Å²) in [7, 11) is 0. The van der Waals surface area contributed by atoms with Gasteiger partial charge in [0.1, 0.15) is 17.4 Å². The molecule has 9 heteroatoms. The lowest BCUT2D eigenvalue weighted by Crippen LogP contribution is -2.35. The number of fused-ring (bicyclic) bond motifs is 1. The van der Waals surface area contributed by atoms with Gasteiger partial charge in [0.2, 0.25) is 0 Å². The molecule has 35 heavy (non-hydrogen) atoms. The summed E-state index contributed by atoms with van der Waals surface area (Å²) in [6.45, 7) is 2.69. The molecule has 1 aliphatic heterocycles. The van der Waals surface area contributed by atoms with Crippen LogP contribution in [-0.2, 0) is 11.3 Å². The molecule has 0 radical (unpaired) electrons. The van der Waals surface area contributed by atoms with Gasteiger partial charge in [-0.3, -0.25) is 4.98 Å². The maximum absolute atomic E-state index is 12.1. The molecule has 0 unspecified atom stereocenters. The zero-order valence-electron chi connectivity index (χ0n) is 19.2. The number of nitrogens with one attached hydrogen (secondary N) is 1. The van der Waals surface area contributed by atoms with E-state index in [4.69, 9.17) is 21.3 Å². The number of carbonyl (C=O) groups excluding carboxylic acids is 1. The Labute approximate surface area is 213 Å². The zero-order chi connectivity index (χ0) is 24.0. The first-order valence-corrected chi connectivity index (χ1v) is 13.0. The number of amides is 1. The van der Waals surface area contributed by atoms with Crippen LogP contribution in [0.5, 0.6) is 0 Å². The van der Waals surface area contributed by atoms with E-state index in [1.54, 1.807) is 12.4 Å². The van der Waals surface area contributed by atoms with Crippen LogP contribution in [0.1, 0.15) is 25.0 Å². The number of nitrogens with zero attached hydrogens (tertiary/aromatic N) is 4. The molecule has 1 fully saturated rings. The summed E-state index contributed by atoms with van der Waals surface area (Å²) >= 11 is 7.59. The van der Waals surface area contributed by atoms with Crippen molar-refractivity contribution in [3.63, 3.8) is 0 Å². The first-order valence-electron chi connectivity index (χ1n) is 11.7. The van der Waals surface area contributed by atoms with E-state index < -0.39 is 6.09 Å². The first kappa shape index (κ1) is 23.5. The molecule has 0 bridgehead atoms. The number of hydrogen-bond donors (Lipinski definition) is 1. The van der Waals surface area contributed by atoms with Crippen LogP contribution >= 0.6 is 22.9 Å². The Hall–Kier alpha value is -3.23. The molecule has 0 atom stereocenters. The molecule has 1 aromatic carbocycles. The van der Waals surface area contributed by atoms with Gasteiger partial charge in [-0.2, -0.15) is 0 Å². The summed E-state index contributed by atoms with van der Waals surface area (Å²) < 4.78 is 5.34. The largest absolute Gasteiger partial charge is 0.443 e. The molecule has 0 aliphatic carbocycles. The van der Waals surface area contributed by atoms with E-state index in [0.29, 0.717) is 12.5 Å². The van der Waals surface area contributed by atoms with Gasteiger partial charge >= 0.3 is 6.09 Å². The number of piperidine rings is 1. The predicted molar refractivity (Wildman–Crippen MR) is 140 cm³/mol. The SMILES string of the molecule is O=C(NCCC1CCN(c2ccc3cc(Cl)ccc3n2)CC1)OCc1csc(-c2cccnc2)n1. The summed E-state index contributed by atoms with van der Waals surface area (Å²) in [5.74, 6) is 1.58. The van der Waals surface area contributed by atoms with E-state index in [1.165, 1.54) is 11.3 Å². The number of rotatable bonds is 7. The number of alkyl carbamates (subject to hydrolysis) is 1. The number of halogens is 1. The third-order valence-corrected chi connectivity index (χ3v) is 7.38. The fourth-order valence-corrected chi connectivity index (χ4v) is 5.25. The molecule has 1 saturated heterocycles. The third-order valence-electron chi connectivity index (χ3n) is 6.21. The highest BCUT2D eigenvalue weighted by molar-refractivity contribution is 7.13. The average Bonchev–Trinajstić information content (AvgIpc) is 3.37. The quantitative estimate of drug-likeness (QED) is 0.333. The molecule has 4 aromatic rings. The Kier molecular flexibility index (Phi) is 7.39. The van der Waals surface area contributed by atoms with Crippen molar-refractivity contribution in [3.8, 4) is 10.6 Å². The van der Waals surface area contributed by atoms with Gasteiger partial charge in [0, 0.05) is 53.4 Å². The minimum atomic E-state index is -0.404. The average molecular weight is 508 g/mol. The van der Waals surface area contributed by atoms with Crippen LogP contribution in [0.2, 0.25) is 5.02 Å². The second-order valence-electron chi connectivity index (χ2n) is 8.61. The molecule has 0 saturated carbocycles. The van der Waals surface area contributed by atoms with Crippen molar-refractivity contribution in [3.05, 3.63) is 71.0 Å². The summed E-state index contributed by atoms with van der Waals surface area (Å²) in [5.41, 5.74) is 2.66. The van der Waals surface area contributed by atoms with Crippen LogP contribution < -0.4 is 10.2 Å². The smallest absolute Gasteiger partial charge is 0.407 e. The zero-order valence-corrected chi connectivity index (χ0v) is 20.8. The summed E-state index contributed by atoms with van der Waals surface area (Å²) in [4.78, 5) is 27.9. The van der Waals surface area contributed by atoms with E-state index in [2.05, 4.69) is 32.3 Å². The maximum atomic E-state index is 12.1. The molecular weight excluding hydrogens is 482 g/mol. The van der Waals surface area contributed by atoms with E-state index in [0.717, 1.165) is 70.4 Å². The Bertz CT molecular complexity index is 1290. The molecule has 4 heterocycles. The fourth-order valence-electron chi connectivity index (χ4n) is 4.28. The van der Waals surface area contributed by atoms with Crippen LogP contribution in [0, 0.1) is 5.92 Å². The highest BCUT2D eigenvalue weighted by Gasteiger charge is 2.20. The van der Waals surface area contributed by atoms with Crippen LogP contribution in [0.4, 0.5) is 10.6 Å². The predicted octanol–water partition coefficient (Wildman–Crippen LogP) is 5.94. The number of ether oxygens (including phenoxy) is 1. The lowest BCUT2D eigenvalue weighted by Gasteiger charge is -2.33. The van der Waals surface area contributed by atoms with Gasteiger partial charge in [-0.15, -0.1) is 11.3 Å². The Morgan fingerprint density at radius 3 is 2.89 bits per heavy atom. The maximum Gasteiger partial charge on any atom is 0.407 e. The van der Waals surface area contributed by atoms with Crippen LogP contribution in [0.25, 0.3) is 21.5 Å². The Balaban J connectivity index is 1.02. The van der Waals surface area contributed by atoms with E-state index in [-0.39, 0.29) is 6.61 Å². The van der Waals surface area contributed by atoms with Crippen molar-refractivity contribution >= 4 is 45.8 Å². The summed E-state index contributed by atoms with van der Waals surface area (Å²) in [6, 6.07) is 13.8. The minimum Gasteiger partial charge on any atom is -0.443 e. The van der Waals surface area contributed by atoms with Gasteiger partial charge in [0.05, 0.1) is 11.2 Å². The molecule has 180 valence electrons. The first-order chi connectivity index (χ1) is 17.1. The van der Waals surface area contributed by atoms with Crippen molar-refractivity contribution in [1.29, 1.82) is 0 Å². The van der Waals surface area contributed by atoms with Gasteiger partial charge < -0.3 is 15.0 Å². The van der Waals surface area contributed by atoms with Crippen molar-refractivity contribution in [2.24, 2.45) is 5.92 Å². The van der Waals surface area contributed by atoms with Gasteiger partial charge in [-0.25, -0.2) is 14.8 Å². The van der Waals surface area contributed by atoms with E-state index >= 15 is 0 Å². The van der Waals surface area contributed by atoms with E-state index in [9.17, 15) is 4.79 Å². The number of aromatic nitrogens is 3. The van der Waals surface area contributed by atoms with Crippen molar-refractivity contribution < 1.29 is 9.53 Å². The standard InChI is InChI=1S/C26H26ClN5O2S/c27-21-4-5-23-19(14-21)3-6-24(31-23)32-12-8-18(9-13-32)7-11-29-26(33)34-16-22-17-35-25(30-22)20-2-1-10-28-15-20/h1-6,10,14-15,17-18H,7-9,11-13,16H2,(H,29,33). The number of benzene rings is 1.